The molecule has 4 rings (SSSR count). The fourth-order valence-electron chi connectivity index (χ4n) is 4.06. The highest BCUT2D eigenvalue weighted by Crippen LogP contribution is 2.35. The van der Waals surface area contributed by atoms with E-state index in [9.17, 15) is 4.79 Å². The third kappa shape index (κ3) is 2.75. The number of rotatable bonds is 4. The van der Waals surface area contributed by atoms with Crippen molar-refractivity contribution in [2.75, 3.05) is 14.2 Å². The van der Waals surface area contributed by atoms with Gasteiger partial charge in [0.2, 0.25) is 0 Å². The fourth-order valence-corrected chi connectivity index (χ4v) is 4.06. The van der Waals surface area contributed by atoms with Gasteiger partial charge in [-0.25, -0.2) is 4.79 Å². The van der Waals surface area contributed by atoms with E-state index in [0.29, 0.717) is 12.1 Å². The van der Waals surface area contributed by atoms with E-state index >= 15 is 0 Å². The summed E-state index contributed by atoms with van der Waals surface area (Å²) in [7, 11) is 3.13. The molecule has 4 heteroatoms. The van der Waals surface area contributed by atoms with Crippen LogP contribution in [0.5, 0.6) is 5.75 Å². The number of benzene rings is 2. The summed E-state index contributed by atoms with van der Waals surface area (Å²) in [5.74, 6) is 0.602. The second-order valence-electron chi connectivity index (χ2n) is 6.75. The molecule has 0 bridgehead atoms. The van der Waals surface area contributed by atoms with E-state index in [1.54, 1.807) is 7.11 Å². The summed E-state index contributed by atoms with van der Waals surface area (Å²) >= 11 is 0. The molecule has 0 amide bonds. The van der Waals surface area contributed by atoms with E-state index < -0.39 is 0 Å². The highest BCUT2D eigenvalue weighted by Gasteiger charge is 2.21. The van der Waals surface area contributed by atoms with Gasteiger partial charge in [-0.2, -0.15) is 0 Å². The van der Waals surface area contributed by atoms with Crippen LogP contribution in [0.4, 0.5) is 0 Å². The Morgan fingerprint density at radius 1 is 1.08 bits per heavy atom. The largest absolute Gasteiger partial charge is 0.497 e. The number of carbonyl (C=O) groups is 1. The normalized spacial score (nSPS) is 13.5. The van der Waals surface area contributed by atoms with Gasteiger partial charge in [-0.15, -0.1) is 0 Å². The van der Waals surface area contributed by atoms with E-state index in [4.69, 9.17) is 9.47 Å². The van der Waals surface area contributed by atoms with Crippen LogP contribution < -0.4 is 4.74 Å². The summed E-state index contributed by atoms with van der Waals surface area (Å²) in [5, 5.41) is 1.27. The van der Waals surface area contributed by atoms with Crippen molar-refractivity contribution in [3.05, 3.63) is 64.8 Å². The molecule has 0 radical (unpaired) electrons. The van der Waals surface area contributed by atoms with E-state index in [1.165, 1.54) is 42.1 Å². The van der Waals surface area contributed by atoms with Gasteiger partial charge in [0, 0.05) is 23.1 Å². The first-order valence-electron chi connectivity index (χ1n) is 9.07. The number of carbonyl (C=O) groups excluding carboxylic acids is 1. The van der Waals surface area contributed by atoms with E-state index in [-0.39, 0.29) is 5.97 Å². The first kappa shape index (κ1) is 16.7. The van der Waals surface area contributed by atoms with Crippen molar-refractivity contribution < 1.29 is 14.3 Å². The SMILES string of the molecule is COC(=O)c1ccccc1Cn1c2c(c3cc(OC)ccc31)CCCC2. The Morgan fingerprint density at radius 2 is 1.88 bits per heavy atom. The topological polar surface area (TPSA) is 40.5 Å². The lowest BCUT2D eigenvalue weighted by atomic mass is 9.95. The second-order valence-corrected chi connectivity index (χ2v) is 6.75. The zero-order valence-electron chi connectivity index (χ0n) is 15.2. The monoisotopic (exact) mass is 349 g/mol. The molecule has 0 atom stereocenters. The van der Waals surface area contributed by atoms with Crippen LogP contribution in [0, 0.1) is 0 Å². The lowest BCUT2D eigenvalue weighted by Gasteiger charge is -2.17. The van der Waals surface area contributed by atoms with Crippen molar-refractivity contribution in [3.8, 4) is 5.75 Å². The molecule has 0 saturated carbocycles. The molecule has 1 aromatic heterocycles. The van der Waals surface area contributed by atoms with Crippen LogP contribution in [0.2, 0.25) is 0 Å². The van der Waals surface area contributed by atoms with Gasteiger partial charge in [0.15, 0.2) is 0 Å². The zero-order chi connectivity index (χ0) is 18.1. The van der Waals surface area contributed by atoms with Crippen molar-refractivity contribution in [2.24, 2.45) is 0 Å². The molecule has 26 heavy (non-hydrogen) atoms. The molecule has 0 unspecified atom stereocenters. The molecule has 0 aliphatic heterocycles. The molecular formula is C22H23NO3. The van der Waals surface area contributed by atoms with Gasteiger partial charge in [0.05, 0.1) is 19.8 Å². The Bertz CT molecular complexity index is 971. The summed E-state index contributed by atoms with van der Waals surface area (Å²) in [6.45, 7) is 0.670. The number of nitrogens with zero attached hydrogens (tertiary/aromatic N) is 1. The highest BCUT2D eigenvalue weighted by atomic mass is 16.5. The number of aromatic nitrogens is 1. The van der Waals surface area contributed by atoms with Crippen LogP contribution >= 0.6 is 0 Å². The summed E-state index contributed by atoms with van der Waals surface area (Å²) in [4.78, 5) is 12.2. The van der Waals surface area contributed by atoms with Crippen molar-refractivity contribution in [1.82, 2.24) is 4.57 Å². The van der Waals surface area contributed by atoms with Crippen molar-refractivity contribution in [2.45, 2.75) is 32.2 Å². The summed E-state index contributed by atoms with van der Waals surface area (Å²) in [5.41, 5.74) is 5.65. The number of fused-ring (bicyclic) bond motifs is 3. The maximum absolute atomic E-state index is 12.2. The van der Waals surface area contributed by atoms with Gasteiger partial charge >= 0.3 is 5.97 Å². The minimum atomic E-state index is -0.285. The Morgan fingerprint density at radius 3 is 2.69 bits per heavy atom. The van der Waals surface area contributed by atoms with Crippen LogP contribution in [0.25, 0.3) is 10.9 Å². The van der Waals surface area contributed by atoms with Crippen LogP contribution in [0.15, 0.2) is 42.5 Å². The molecule has 1 aliphatic rings. The number of methoxy groups -OCH3 is 2. The molecular weight excluding hydrogens is 326 g/mol. The van der Waals surface area contributed by atoms with E-state index in [0.717, 1.165) is 24.2 Å². The summed E-state index contributed by atoms with van der Waals surface area (Å²) in [6.07, 6.45) is 4.61. The molecule has 134 valence electrons. The Hall–Kier alpha value is -2.75. The van der Waals surface area contributed by atoms with Crippen molar-refractivity contribution >= 4 is 16.9 Å². The Kier molecular flexibility index (Phi) is 4.41. The first-order chi connectivity index (χ1) is 12.7. The third-order valence-electron chi connectivity index (χ3n) is 5.34. The summed E-state index contributed by atoms with van der Waals surface area (Å²) < 4.78 is 12.8. The lowest BCUT2D eigenvalue weighted by molar-refractivity contribution is 0.0599. The average molecular weight is 349 g/mol. The molecule has 0 spiro atoms. The Balaban J connectivity index is 1.86. The molecule has 0 fully saturated rings. The maximum Gasteiger partial charge on any atom is 0.338 e. The number of hydrogen-bond donors (Lipinski definition) is 0. The van der Waals surface area contributed by atoms with Crippen LogP contribution in [0.3, 0.4) is 0 Å². The Labute approximate surface area is 153 Å². The van der Waals surface area contributed by atoms with E-state index in [2.05, 4.69) is 16.7 Å². The number of hydrogen-bond acceptors (Lipinski definition) is 3. The molecule has 3 aromatic rings. The van der Waals surface area contributed by atoms with Gasteiger partial charge < -0.3 is 14.0 Å². The smallest absolute Gasteiger partial charge is 0.338 e. The maximum atomic E-state index is 12.2. The zero-order valence-corrected chi connectivity index (χ0v) is 15.2. The molecule has 2 aromatic carbocycles. The minimum Gasteiger partial charge on any atom is -0.497 e. The number of ether oxygens (including phenoxy) is 2. The van der Waals surface area contributed by atoms with Gasteiger partial charge in [0.1, 0.15) is 5.75 Å². The molecule has 4 nitrogen and oxygen atoms in total. The van der Waals surface area contributed by atoms with E-state index in [1.807, 2.05) is 30.3 Å². The molecule has 0 N–H and O–H groups in total. The quantitative estimate of drug-likeness (QED) is 0.657. The number of aryl methyl sites for hydroxylation is 1. The standard InChI is InChI=1S/C22H23NO3/c1-25-16-11-12-21-19(13-16)18-9-5-6-10-20(18)23(21)14-15-7-3-4-8-17(15)22(24)26-2/h3-4,7-8,11-13H,5-6,9-10,14H2,1-2H3. The van der Waals surface area contributed by atoms with Gasteiger partial charge in [-0.05, 0) is 61.1 Å². The average Bonchev–Trinajstić information content (AvgIpc) is 3.01. The second kappa shape index (κ2) is 6.87. The fraction of sp³-hybridized carbons (Fsp3) is 0.318. The van der Waals surface area contributed by atoms with Crippen LogP contribution in [-0.2, 0) is 24.1 Å². The van der Waals surface area contributed by atoms with Crippen molar-refractivity contribution in [1.29, 1.82) is 0 Å². The predicted octanol–water partition coefficient (Wildman–Crippen LogP) is 4.36. The van der Waals surface area contributed by atoms with Gasteiger partial charge in [-0.3, -0.25) is 0 Å². The van der Waals surface area contributed by atoms with Crippen molar-refractivity contribution in [3.63, 3.8) is 0 Å². The van der Waals surface area contributed by atoms with Crippen LogP contribution in [-0.4, -0.2) is 24.8 Å². The molecule has 1 heterocycles. The van der Waals surface area contributed by atoms with Crippen LogP contribution in [0.1, 0.15) is 40.0 Å². The predicted molar refractivity (Wildman–Crippen MR) is 102 cm³/mol. The first-order valence-corrected chi connectivity index (χ1v) is 9.07. The molecule has 1 aliphatic carbocycles. The highest BCUT2D eigenvalue weighted by molar-refractivity contribution is 5.91. The lowest BCUT2D eigenvalue weighted by Crippen LogP contribution is -2.12. The van der Waals surface area contributed by atoms with Gasteiger partial charge in [-0.1, -0.05) is 18.2 Å². The number of esters is 1. The minimum absolute atomic E-state index is 0.285. The summed E-state index contributed by atoms with van der Waals surface area (Å²) in [6, 6.07) is 14.0. The van der Waals surface area contributed by atoms with Gasteiger partial charge in [0.25, 0.3) is 0 Å². The molecule has 0 saturated heterocycles. The third-order valence-corrected chi connectivity index (χ3v) is 5.34.